The van der Waals surface area contributed by atoms with Crippen LogP contribution in [0.4, 0.5) is 5.69 Å². The van der Waals surface area contributed by atoms with Gasteiger partial charge >= 0.3 is 0 Å². The van der Waals surface area contributed by atoms with Gasteiger partial charge in [0.15, 0.2) is 5.17 Å². The van der Waals surface area contributed by atoms with Gasteiger partial charge < -0.3 is 15.5 Å². The Morgan fingerprint density at radius 2 is 2.06 bits per heavy atom. The zero-order chi connectivity index (χ0) is 12.3. The number of benzene rings is 1. The number of nitrogens with zero attached hydrogens (tertiary/aromatic N) is 1. The molecular formula is C11H12N2O3S. The Labute approximate surface area is 103 Å². The molecule has 17 heavy (non-hydrogen) atoms. The van der Waals surface area contributed by atoms with Crippen LogP contribution in [0.2, 0.25) is 0 Å². The van der Waals surface area contributed by atoms with Crippen molar-refractivity contribution in [3.63, 3.8) is 0 Å². The van der Waals surface area contributed by atoms with Gasteiger partial charge in [-0.1, -0.05) is 11.8 Å². The number of rotatable bonds is 3. The van der Waals surface area contributed by atoms with Crippen LogP contribution in [0, 0.1) is 0 Å². The van der Waals surface area contributed by atoms with E-state index in [1.807, 2.05) is 0 Å². The molecule has 0 aromatic heterocycles. The highest BCUT2D eigenvalue weighted by atomic mass is 32.2. The van der Waals surface area contributed by atoms with Crippen LogP contribution >= 0.6 is 11.8 Å². The SMILES string of the molecule is O=C1NC(=Nc2ccc(O)cc2)SC1CCO. The third-order valence-electron chi connectivity index (χ3n) is 2.25. The molecule has 1 amide bonds. The molecule has 1 aromatic carbocycles. The Morgan fingerprint density at radius 3 is 2.71 bits per heavy atom. The van der Waals surface area contributed by atoms with Crippen LogP contribution in [0.5, 0.6) is 5.75 Å². The molecule has 3 N–H and O–H groups in total. The molecule has 1 saturated heterocycles. The first-order valence-corrected chi connectivity index (χ1v) is 6.03. The maximum atomic E-state index is 11.5. The number of aliphatic hydroxyl groups is 1. The molecule has 0 bridgehead atoms. The highest BCUT2D eigenvalue weighted by Crippen LogP contribution is 2.25. The quantitative estimate of drug-likeness (QED) is 0.749. The maximum Gasteiger partial charge on any atom is 0.239 e. The van der Waals surface area contributed by atoms with Crippen LogP contribution < -0.4 is 5.32 Å². The second-order valence-electron chi connectivity index (χ2n) is 3.54. The van der Waals surface area contributed by atoms with Crippen LogP contribution in [0.1, 0.15) is 6.42 Å². The van der Waals surface area contributed by atoms with E-state index in [0.29, 0.717) is 17.3 Å². The van der Waals surface area contributed by atoms with Gasteiger partial charge in [-0.25, -0.2) is 4.99 Å². The van der Waals surface area contributed by atoms with Gasteiger partial charge in [0.05, 0.1) is 10.9 Å². The number of hydrogen-bond donors (Lipinski definition) is 3. The lowest BCUT2D eigenvalue weighted by atomic mass is 10.3. The van der Waals surface area contributed by atoms with E-state index in [4.69, 9.17) is 10.2 Å². The average molecular weight is 252 g/mol. The number of phenols is 1. The average Bonchev–Trinajstić information content (AvgIpc) is 2.63. The molecule has 0 spiro atoms. The molecule has 1 aliphatic rings. The van der Waals surface area contributed by atoms with Crippen molar-refractivity contribution in [3.05, 3.63) is 24.3 Å². The summed E-state index contributed by atoms with van der Waals surface area (Å²) in [5, 5.41) is 20.8. The van der Waals surface area contributed by atoms with E-state index < -0.39 is 0 Å². The number of carbonyl (C=O) groups is 1. The summed E-state index contributed by atoms with van der Waals surface area (Å²) in [6.07, 6.45) is 0.422. The minimum atomic E-state index is -0.268. The van der Waals surface area contributed by atoms with Gasteiger partial charge in [-0.15, -0.1) is 0 Å². The van der Waals surface area contributed by atoms with Crippen LogP contribution in [0.25, 0.3) is 0 Å². The van der Waals surface area contributed by atoms with Crippen molar-refractivity contribution in [3.8, 4) is 5.75 Å². The van der Waals surface area contributed by atoms with Crippen molar-refractivity contribution in [2.75, 3.05) is 6.61 Å². The molecular weight excluding hydrogens is 240 g/mol. The van der Waals surface area contributed by atoms with E-state index in [1.165, 1.54) is 23.9 Å². The summed E-state index contributed by atoms with van der Waals surface area (Å²) in [7, 11) is 0. The van der Waals surface area contributed by atoms with Gasteiger partial charge in [-0.3, -0.25) is 4.79 Å². The minimum absolute atomic E-state index is 0.0163. The molecule has 0 radical (unpaired) electrons. The second kappa shape index (κ2) is 5.20. The summed E-state index contributed by atoms with van der Waals surface area (Å²) in [4.78, 5) is 15.7. The minimum Gasteiger partial charge on any atom is -0.508 e. The zero-order valence-electron chi connectivity index (χ0n) is 8.96. The predicted octanol–water partition coefficient (Wildman–Crippen LogP) is 0.994. The molecule has 1 aromatic rings. The van der Waals surface area contributed by atoms with Crippen molar-refractivity contribution in [1.82, 2.24) is 5.32 Å². The summed E-state index contributed by atoms with van der Waals surface area (Å²) in [6.45, 7) is -0.0163. The number of nitrogens with one attached hydrogen (secondary N) is 1. The lowest BCUT2D eigenvalue weighted by Gasteiger charge is -1.99. The first-order valence-electron chi connectivity index (χ1n) is 5.15. The normalized spacial score (nSPS) is 21.8. The highest BCUT2D eigenvalue weighted by molar-refractivity contribution is 8.15. The number of phenolic OH excluding ortho intramolecular Hbond substituents is 1. The predicted molar refractivity (Wildman–Crippen MR) is 66.4 cm³/mol. The molecule has 90 valence electrons. The van der Waals surface area contributed by atoms with E-state index in [-0.39, 0.29) is 23.5 Å². The number of aromatic hydroxyl groups is 1. The van der Waals surface area contributed by atoms with Crippen molar-refractivity contribution in [2.45, 2.75) is 11.7 Å². The molecule has 6 heteroatoms. The van der Waals surface area contributed by atoms with Crippen LogP contribution in [0.3, 0.4) is 0 Å². The lowest BCUT2D eigenvalue weighted by molar-refractivity contribution is -0.119. The molecule has 0 aliphatic carbocycles. The van der Waals surface area contributed by atoms with Crippen molar-refractivity contribution in [2.24, 2.45) is 4.99 Å². The Balaban J connectivity index is 2.09. The fourth-order valence-electron chi connectivity index (χ4n) is 1.41. The molecule has 1 atom stereocenters. The Bertz CT molecular complexity index is 445. The monoisotopic (exact) mass is 252 g/mol. The number of hydrogen-bond acceptors (Lipinski definition) is 5. The standard InChI is InChI=1S/C11H12N2O3S/c14-6-5-9-10(16)13-11(17-9)12-7-1-3-8(15)4-2-7/h1-4,9,14-15H,5-6H2,(H,12,13,16). The van der Waals surface area contributed by atoms with E-state index in [9.17, 15) is 4.79 Å². The van der Waals surface area contributed by atoms with Gasteiger partial charge in [-0.2, -0.15) is 0 Å². The summed E-state index contributed by atoms with van der Waals surface area (Å²) >= 11 is 1.31. The summed E-state index contributed by atoms with van der Waals surface area (Å²) in [6, 6.07) is 6.39. The fraction of sp³-hybridized carbons (Fsp3) is 0.273. The number of aliphatic hydroxyl groups excluding tert-OH is 1. The number of carbonyl (C=O) groups excluding carboxylic acids is 1. The van der Waals surface area contributed by atoms with Crippen LogP contribution in [-0.2, 0) is 4.79 Å². The van der Waals surface area contributed by atoms with E-state index >= 15 is 0 Å². The van der Waals surface area contributed by atoms with Gasteiger partial charge in [0.1, 0.15) is 5.75 Å². The van der Waals surface area contributed by atoms with Crippen LogP contribution in [0.15, 0.2) is 29.3 Å². The van der Waals surface area contributed by atoms with E-state index in [1.54, 1.807) is 12.1 Å². The maximum absolute atomic E-state index is 11.5. The third kappa shape index (κ3) is 2.98. The van der Waals surface area contributed by atoms with Crippen molar-refractivity contribution >= 4 is 28.5 Å². The lowest BCUT2D eigenvalue weighted by Crippen LogP contribution is -2.25. The molecule has 2 rings (SSSR count). The van der Waals surface area contributed by atoms with E-state index in [0.717, 1.165) is 0 Å². The molecule has 1 heterocycles. The number of aliphatic imine (C=N–C) groups is 1. The van der Waals surface area contributed by atoms with Gasteiger partial charge in [0.25, 0.3) is 0 Å². The Hall–Kier alpha value is -1.53. The summed E-state index contributed by atoms with van der Waals surface area (Å²) in [5.74, 6) is 0.0526. The van der Waals surface area contributed by atoms with Crippen LogP contribution in [-0.4, -0.2) is 33.1 Å². The van der Waals surface area contributed by atoms with Crippen molar-refractivity contribution in [1.29, 1.82) is 0 Å². The number of amides is 1. The molecule has 0 saturated carbocycles. The van der Waals surface area contributed by atoms with E-state index in [2.05, 4.69) is 10.3 Å². The van der Waals surface area contributed by atoms with Gasteiger partial charge in [-0.05, 0) is 30.7 Å². The third-order valence-corrected chi connectivity index (χ3v) is 3.40. The van der Waals surface area contributed by atoms with Gasteiger partial charge in [0.2, 0.25) is 5.91 Å². The largest absolute Gasteiger partial charge is 0.508 e. The van der Waals surface area contributed by atoms with Gasteiger partial charge in [0, 0.05) is 6.61 Å². The Morgan fingerprint density at radius 1 is 1.35 bits per heavy atom. The molecule has 5 nitrogen and oxygen atoms in total. The smallest absolute Gasteiger partial charge is 0.239 e. The summed E-state index contributed by atoms with van der Waals surface area (Å²) in [5.41, 5.74) is 0.662. The fourth-order valence-corrected chi connectivity index (χ4v) is 2.39. The molecule has 1 unspecified atom stereocenters. The second-order valence-corrected chi connectivity index (χ2v) is 4.73. The Kier molecular flexibility index (Phi) is 3.65. The first kappa shape index (κ1) is 11.9. The van der Waals surface area contributed by atoms with Crippen molar-refractivity contribution < 1.29 is 15.0 Å². The summed E-state index contributed by atoms with van der Waals surface area (Å²) < 4.78 is 0. The number of amidine groups is 1. The highest BCUT2D eigenvalue weighted by Gasteiger charge is 2.29. The number of thioether (sulfide) groups is 1. The molecule has 1 aliphatic heterocycles. The zero-order valence-corrected chi connectivity index (χ0v) is 9.78. The molecule has 1 fully saturated rings. The topological polar surface area (TPSA) is 81.9 Å². The first-order chi connectivity index (χ1) is 8.19.